The highest BCUT2D eigenvalue weighted by Crippen LogP contribution is 2.27. The molecule has 1 aliphatic rings. The normalized spacial score (nSPS) is 19.5. The van der Waals surface area contributed by atoms with E-state index in [0.29, 0.717) is 19.7 Å². The standard InChI is InChI=1S/C17H22N2O3/c1-17(2,12-18)14-7-5-4-6-13(14)10-19-8-9-22-15(11-19)16(20)21-3/h4-7,15H,8-11H2,1-3H3. The molecule has 22 heavy (non-hydrogen) atoms. The minimum Gasteiger partial charge on any atom is -0.467 e. The number of benzene rings is 1. The molecule has 1 heterocycles. The van der Waals surface area contributed by atoms with Crippen molar-refractivity contribution in [1.29, 1.82) is 5.26 Å². The SMILES string of the molecule is COC(=O)C1CN(Cc2ccccc2C(C)(C)C#N)CCO1. The molecule has 0 bridgehead atoms. The summed E-state index contributed by atoms with van der Waals surface area (Å²) in [5, 5.41) is 9.38. The summed E-state index contributed by atoms with van der Waals surface area (Å²) in [7, 11) is 1.37. The van der Waals surface area contributed by atoms with Gasteiger partial charge in [-0.05, 0) is 25.0 Å². The second-order valence-electron chi connectivity index (χ2n) is 6.01. The predicted molar refractivity (Wildman–Crippen MR) is 82.1 cm³/mol. The first-order valence-electron chi connectivity index (χ1n) is 7.39. The topological polar surface area (TPSA) is 62.6 Å². The third-order valence-corrected chi connectivity index (χ3v) is 3.98. The van der Waals surface area contributed by atoms with Crippen LogP contribution in [0.5, 0.6) is 0 Å². The van der Waals surface area contributed by atoms with Gasteiger partial charge in [-0.25, -0.2) is 4.79 Å². The lowest BCUT2D eigenvalue weighted by atomic mass is 9.83. The van der Waals surface area contributed by atoms with Crippen LogP contribution in [-0.2, 0) is 26.2 Å². The summed E-state index contributed by atoms with van der Waals surface area (Å²) < 4.78 is 10.2. The quantitative estimate of drug-likeness (QED) is 0.794. The van der Waals surface area contributed by atoms with Crippen LogP contribution in [0.15, 0.2) is 24.3 Å². The molecule has 0 radical (unpaired) electrons. The fourth-order valence-electron chi connectivity index (χ4n) is 2.69. The van der Waals surface area contributed by atoms with Crippen LogP contribution in [0.2, 0.25) is 0 Å². The molecule has 5 nitrogen and oxygen atoms in total. The van der Waals surface area contributed by atoms with Crippen LogP contribution in [0.25, 0.3) is 0 Å². The molecule has 0 aromatic heterocycles. The van der Waals surface area contributed by atoms with E-state index in [2.05, 4.69) is 11.0 Å². The fourth-order valence-corrected chi connectivity index (χ4v) is 2.69. The summed E-state index contributed by atoms with van der Waals surface area (Å²) in [6, 6.07) is 10.3. The average Bonchev–Trinajstić information content (AvgIpc) is 2.54. The van der Waals surface area contributed by atoms with Gasteiger partial charge in [0.1, 0.15) is 0 Å². The van der Waals surface area contributed by atoms with Crippen molar-refractivity contribution in [3.8, 4) is 6.07 Å². The van der Waals surface area contributed by atoms with Crippen molar-refractivity contribution in [2.24, 2.45) is 0 Å². The molecule has 0 aliphatic carbocycles. The van der Waals surface area contributed by atoms with Crippen LogP contribution in [0.3, 0.4) is 0 Å². The Kier molecular flexibility index (Phi) is 5.17. The van der Waals surface area contributed by atoms with E-state index in [1.807, 2.05) is 38.1 Å². The number of ether oxygens (including phenoxy) is 2. The first kappa shape index (κ1) is 16.5. The highest BCUT2D eigenvalue weighted by molar-refractivity contribution is 5.74. The zero-order valence-corrected chi connectivity index (χ0v) is 13.3. The molecule has 1 aromatic rings. The van der Waals surface area contributed by atoms with Gasteiger partial charge in [-0.3, -0.25) is 4.90 Å². The van der Waals surface area contributed by atoms with Crippen molar-refractivity contribution in [3.05, 3.63) is 35.4 Å². The highest BCUT2D eigenvalue weighted by Gasteiger charge is 2.29. The molecular formula is C17H22N2O3. The van der Waals surface area contributed by atoms with Crippen LogP contribution < -0.4 is 0 Å². The second kappa shape index (κ2) is 6.91. The van der Waals surface area contributed by atoms with Gasteiger partial charge in [-0.15, -0.1) is 0 Å². The van der Waals surface area contributed by atoms with E-state index in [4.69, 9.17) is 9.47 Å². The Hall–Kier alpha value is -1.90. The molecule has 1 atom stereocenters. The van der Waals surface area contributed by atoms with Crippen LogP contribution in [0, 0.1) is 11.3 Å². The van der Waals surface area contributed by atoms with Crippen molar-refractivity contribution in [2.45, 2.75) is 31.9 Å². The largest absolute Gasteiger partial charge is 0.467 e. The summed E-state index contributed by atoms with van der Waals surface area (Å²) >= 11 is 0. The number of methoxy groups -OCH3 is 1. The van der Waals surface area contributed by atoms with Gasteiger partial charge in [0, 0.05) is 19.6 Å². The van der Waals surface area contributed by atoms with E-state index in [1.54, 1.807) is 0 Å². The first-order valence-corrected chi connectivity index (χ1v) is 7.39. The van der Waals surface area contributed by atoms with Gasteiger partial charge in [0.25, 0.3) is 0 Å². The van der Waals surface area contributed by atoms with Crippen molar-refractivity contribution in [3.63, 3.8) is 0 Å². The van der Waals surface area contributed by atoms with Gasteiger partial charge in [0.15, 0.2) is 6.10 Å². The number of nitrogens with zero attached hydrogens (tertiary/aromatic N) is 2. The third-order valence-electron chi connectivity index (χ3n) is 3.98. The maximum Gasteiger partial charge on any atom is 0.336 e. The molecule has 5 heteroatoms. The molecule has 0 amide bonds. The molecule has 1 aliphatic heterocycles. The number of carbonyl (C=O) groups is 1. The van der Waals surface area contributed by atoms with Crippen LogP contribution >= 0.6 is 0 Å². The van der Waals surface area contributed by atoms with Crippen LogP contribution in [0.4, 0.5) is 0 Å². The summed E-state index contributed by atoms with van der Waals surface area (Å²) in [5.74, 6) is -0.338. The summed E-state index contributed by atoms with van der Waals surface area (Å²) in [6.07, 6.45) is -0.533. The molecule has 0 saturated carbocycles. The Morgan fingerprint density at radius 2 is 2.23 bits per heavy atom. The lowest BCUT2D eigenvalue weighted by molar-refractivity contribution is -0.160. The monoisotopic (exact) mass is 302 g/mol. The molecule has 2 rings (SSSR count). The van der Waals surface area contributed by atoms with Gasteiger partial charge < -0.3 is 9.47 Å². The fraction of sp³-hybridized carbons (Fsp3) is 0.529. The summed E-state index contributed by atoms with van der Waals surface area (Å²) in [4.78, 5) is 13.8. The Morgan fingerprint density at radius 1 is 1.50 bits per heavy atom. The number of esters is 1. The molecule has 1 fully saturated rings. The van der Waals surface area contributed by atoms with Gasteiger partial charge in [-0.1, -0.05) is 24.3 Å². The zero-order valence-electron chi connectivity index (χ0n) is 13.3. The van der Waals surface area contributed by atoms with E-state index >= 15 is 0 Å². The van der Waals surface area contributed by atoms with E-state index in [9.17, 15) is 10.1 Å². The number of carbonyl (C=O) groups excluding carboxylic acids is 1. The van der Waals surface area contributed by atoms with E-state index < -0.39 is 11.5 Å². The number of hydrogen-bond acceptors (Lipinski definition) is 5. The second-order valence-corrected chi connectivity index (χ2v) is 6.01. The minimum absolute atomic E-state index is 0.338. The van der Waals surface area contributed by atoms with Crippen molar-refractivity contribution >= 4 is 5.97 Å². The summed E-state index contributed by atoms with van der Waals surface area (Å²) in [5.41, 5.74) is 1.60. The van der Waals surface area contributed by atoms with E-state index in [0.717, 1.165) is 17.7 Å². The number of hydrogen-bond donors (Lipinski definition) is 0. The van der Waals surface area contributed by atoms with E-state index in [-0.39, 0.29) is 5.97 Å². The molecule has 1 saturated heterocycles. The molecule has 1 unspecified atom stereocenters. The van der Waals surface area contributed by atoms with Gasteiger partial charge in [0.2, 0.25) is 0 Å². The molecular weight excluding hydrogens is 280 g/mol. The molecule has 118 valence electrons. The Bertz CT molecular complexity index is 578. The predicted octanol–water partition coefficient (Wildman–Crippen LogP) is 1.86. The maximum atomic E-state index is 11.6. The van der Waals surface area contributed by atoms with Gasteiger partial charge in [-0.2, -0.15) is 5.26 Å². The average molecular weight is 302 g/mol. The number of rotatable bonds is 4. The van der Waals surface area contributed by atoms with Crippen molar-refractivity contribution in [1.82, 2.24) is 4.90 Å². The minimum atomic E-state index is -0.537. The lowest BCUT2D eigenvalue weighted by Gasteiger charge is -2.32. The van der Waals surface area contributed by atoms with Gasteiger partial charge >= 0.3 is 5.97 Å². The van der Waals surface area contributed by atoms with Crippen molar-refractivity contribution in [2.75, 3.05) is 26.8 Å². The molecule has 0 N–H and O–H groups in total. The Morgan fingerprint density at radius 3 is 2.91 bits per heavy atom. The zero-order chi connectivity index (χ0) is 16.2. The number of morpholine rings is 1. The van der Waals surface area contributed by atoms with E-state index in [1.165, 1.54) is 7.11 Å². The Balaban J connectivity index is 2.14. The smallest absolute Gasteiger partial charge is 0.336 e. The maximum absolute atomic E-state index is 11.6. The van der Waals surface area contributed by atoms with Gasteiger partial charge in [0.05, 0.1) is 25.2 Å². The Labute approximate surface area is 131 Å². The van der Waals surface area contributed by atoms with Crippen LogP contribution in [0.1, 0.15) is 25.0 Å². The van der Waals surface area contributed by atoms with Crippen LogP contribution in [-0.4, -0.2) is 43.8 Å². The first-order chi connectivity index (χ1) is 10.5. The molecule has 0 spiro atoms. The third kappa shape index (κ3) is 3.65. The lowest BCUT2D eigenvalue weighted by Crippen LogP contribution is -2.46. The van der Waals surface area contributed by atoms with Crippen molar-refractivity contribution < 1.29 is 14.3 Å². The summed E-state index contributed by atoms with van der Waals surface area (Å²) in [6.45, 7) is 6.30. The number of nitriles is 1. The molecule has 1 aromatic carbocycles. The highest BCUT2D eigenvalue weighted by atomic mass is 16.6.